The molecule has 0 aliphatic rings. The van der Waals surface area contributed by atoms with E-state index < -0.39 is 0 Å². The predicted octanol–water partition coefficient (Wildman–Crippen LogP) is 4.92. The zero-order chi connectivity index (χ0) is 14.7. The number of aryl methyl sites for hydroxylation is 1. The Morgan fingerprint density at radius 3 is 2.50 bits per heavy atom. The molecule has 106 valence electrons. The summed E-state index contributed by atoms with van der Waals surface area (Å²) < 4.78 is 0. The highest BCUT2D eigenvalue weighted by molar-refractivity contribution is 6.44. The maximum absolute atomic E-state index is 6.14. The van der Waals surface area contributed by atoms with Gasteiger partial charge in [-0.25, -0.2) is 4.98 Å². The number of anilines is 3. The molecule has 20 heavy (non-hydrogen) atoms. The summed E-state index contributed by atoms with van der Waals surface area (Å²) in [5.74, 6) is 1.22. The van der Waals surface area contributed by atoms with Crippen LogP contribution in [0.15, 0.2) is 18.3 Å². The van der Waals surface area contributed by atoms with Crippen molar-refractivity contribution < 1.29 is 0 Å². The molecule has 7 heteroatoms. The Morgan fingerprint density at radius 1 is 1.10 bits per heavy atom. The summed E-state index contributed by atoms with van der Waals surface area (Å²) in [6, 6.07) is 3.26. The summed E-state index contributed by atoms with van der Waals surface area (Å²) in [7, 11) is 0. The molecule has 0 spiro atoms. The topological polar surface area (TPSA) is 49.8 Å². The van der Waals surface area contributed by atoms with Crippen LogP contribution in [-0.4, -0.2) is 16.5 Å². The second-order valence-corrected chi connectivity index (χ2v) is 5.35. The molecular weight excluding hydrogens is 319 g/mol. The molecule has 0 saturated carbocycles. The van der Waals surface area contributed by atoms with E-state index in [1.54, 1.807) is 18.3 Å². The number of hydrogen-bond acceptors (Lipinski definition) is 4. The molecule has 2 aromatic rings. The summed E-state index contributed by atoms with van der Waals surface area (Å²) >= 11 is 18.0. The van der Waals surface area contributed by atoms with Gasteiger partial charge in [0.1, 0.15) is 5.82 Å². The fourth-order valence-corrected chi connectivity index (χ4v) is 2.15. The van der Waals surface area contributed by atoms with Crippen molar-refractivity contribution in [1.82, 2.24) is 9.97 Å². The minimum absolute atomic E-state index is 0.412. The van der Waals surface area contributed by atoms with Gasteiger partial charge >= 0.3 is 0 Å². The average Bonchev–Trinajstić information content (AvgIpc) is 2.40. The lowest BCUT2D eigenvalue weighted by Gasteiger charge is -2.12. The van der Waals surface area contributed by atoms with Crippen molar-refractivity contribution in [3.8, 4) is 0 Å². The quantitative estimate of drug-likeness (QED) is 0.781. The molecule has 1 aromatic carbocycles. The first-order chi connectivity index (χ1) is 9.51. The third-order valence-electron chi connectivity index (χ3n) is 2.57. The van der Waals surface area contributed by atoms with Crippen LogP contribution < -0.4 is 10.6 Å². The van der Waals surface area contributed by atoms with Gasteiger partial charge in [-0.15, -0.1) is 0 Å². The Bertz CT molecular complexity index is 631. The molecule has 0 unspecified atom stereocenters. The van der Waals surface area contributed by atoms with Gasteiger partial charge in [0.2, 0.25) is 5.95 Å². The van der Waals surface area contributed by atoms with Gasteiger partial charge < -0.3 is 10.6 Å². The van der Waals surface area contributed by atoms with E-state index in [2.05, 4.69) is 20.6 Å². The highest BCUT2D eigenvalue weighted by Gasteiger charge is 2.09. The van der Waals surface area contributed by atoms with Crippen molar-refractivity contribution in [2.24, 2.45) is 0 Å². The summed E-state index contributed by atoms with van der Waals surface area (Å²) in [5.41, 5.74) is 1.54. The lowest BCUT2D eigenvalue weighted by Crippen LogP contribution is -2.05. The van der Waals surface area contributed by atoms with Gasteiger partial charge in [-0.05, 0) is 26.0 Å². The number of benzene rings is 1. The number of aromatic nitrogens is 2. The number of halogens is 3. The van der Waals surface area contributed by atoms with E-state index in [1.165, 1.54) is 0 Å². The molecule has 1 heterocycles. The van der Waals surface area contributed by atoms with E-state index in [9.17, 15) is 0 Å². The van der Waals surface area contributed by atoms with Crippen LogP contribution in [-0.2, 0) is 0 Å². The summed E-state index contributed by atoms with van der Waals surface area (Å²) in [6.07, 6.45) is 1.73. The lowest BCUT2D eigenvalue weighted by molar-refractivity contribution is 1.07. The Morgan fingerprint density at radius 2 is 1.80 bits per heavy atom. The van der Waals surface area contributed by atoms with Crippen LogP contribution in [0.4, 0.5) is 17.5 Å². The molecular formula is C13H13Cl3N4. The third-order valence-corrected chi connectivity index (χ3v) is 3.60. The van der Waals surface area contributed by atoms with E-state index >= 15 is 0 Å². The van der Waals surface area contributed by atoms with E-state index in [0.717, 1.165) is 12.1 Å². The smallest absolute Gasteiger partial charge is 0.224 e. The highest BCUT2D eigenvalue weighted by atomic mass is 35.5. The molecule has 0 saturated heterocycles. The molecule has 2 rings (SSSR count). The van der Waals surface area contributed by atoms with Crippen molar-refractivity contribution >= 4 is 52.3 Å². The van der Waals surface area contributed by atoms with Gasteiger partial charge in [0.05, 0.1) is 20.8 Å². The molecule has 0 atom stereocenters. The van der Waals surface area contributed by atoms with Crippen LogP contribution in [0.5, 0.6) is 0 Å². The van der Waals surface area contributed by atoms with E-state index in [4.69, 9.17) is 34.8 Å². The maximum Gasteiger partial charge on any atom is 0.224 e. The predicted molar refractivity (Wildman–Crippen MR) is 85.7 cm³/mol. The molecule has 4 nitrogen and oxygen atoms in total. The van der Waals surface area contributed by atoms with Gasteiger partial charge in [-0.2, -0.15) is 4.98 Å². The number of nitrogens with one attached hydrogen (secondary N) is 2. The summed E-state index contributed by atoms with van der Waals surface area (Å²) in [4.78, 5) is 8.56. The van der Waals surface area contributed by atoms with Crippen LogP contribution >= 0.6 is 34.8 Å². The van der Waals surface area contributed by atoms with Gasteiger partial charge in [0.25, 0.3) is 0 Å². The average molecular weight is 332 g/mol. The Labute approximate surface area is 132 Å². The van der Waals surface area contributed by atoms with Crippen molar-refractivity contribution in [3.63, 3.8) is 0 Å². The molecule has 0 bridgehead atoms. The highest BCUT2D eigenvalue weighted by Crippen LogP contribution is 2.34. The van der Waals surface area contributed by atoms with Crippen LogP contribution in [0.3, 0.4) is 0 Å². The zero-order valence-electron chi connectivity index (χ0n) is 11.0. The van der Waals surface area contributed by atoms with E-state index in [0.29, 0.717) is 32.5 Å². The molecule has 0 radical (unpaired) electrons. The van der Waals surface area contributed by atoms with E-state index in [1.807, 2.05) is 13.8 Å². The van der Waals surface area contributed by atoms with Crippen LogP contribution in [0, 0.1) is 6.92 Å². The minimum Gasteiger partial charge on any atom is -0.354 e. The van der Waals surface area contributed by atoms with E-state index in [-0.39, 0.29) is 0 Å². The molecule has 0 amide bonds. The third kappa shape index (κ3) is 3.45. The molecule has 0 aliphatic carbocycles. The van der Waals surface area contributed by atoms with Crippen molar-refractivity contribution in [3.05, 3.63) is 39.0 Å². The zero-order valence-corrected chi connectivity index (χ0v) is 13.2. The fraction of sp³-hybridized carbons (Fsp3) is 0.231. The Balaban J connectivity index is 2.34. The standard InChI is InChI=1S/C13H13Cl3N4/c1-3-17-13-18-6-7(2)12(20-13)19-11-5-9(15)8(14)4-10(11)16/h4-6H,3H2,1-2H3,(H2,17,18,19,20). The van der Waals surface area contributed by atoms with Gasteiger partial charge in [0, 0.05) is 18.3 Å². The monoisotopic (exact) mass is 330 g/mol. The maximum atomic E-state index is 6.14. The first kappa shape index (κ1) is 15.2. The van der Waals surface area contributed by atoms with Crippen molar-refractivity contribution in [1.29, 1.82) is 0 Å². The molecule has 0 fully saturated rings. The van der Waals surface area contributed by atoms with Gasteiger partial charge in [-0.3, -0.25) is 0 Å². The number of hydrogen-bond donors (Lipinski definition) is 2. The largest absolute Gasteiger partial charge is 0.354 e. The molecule has 1 aromatic heterocycles. The number of nitrogens with zero attached hydrogens (tertiary/aromatic N) is 2. The van der Waals surface area contributed by atoms with Gasteiger partial charge in [0.15, 0.2) is 0 Å². The first-order valence-electron chi connectivity index (χ1n) is 6.00. The number of rotatable bonds is 4. The Hall–Kier alpha value is -1.23. The Kier molecular flexibility index (Phi) is 4.91. The van der Waals surface area contributed by atoms with Crippen molar-refractivity contribution in [2.75, 3.05) is 17.2 Å². The van der Waals surface area contributed by atoms with Crippen LogP contribution in [0.25, 0.3) is 0 Å². The fourth-order valence-electron chi connectivity index (χ4n) is 1.56. The van der Waals surface area contributed by atoms with Gasteiger partial charge in [-0.1, -0.05) is 34.8 Å². The molecule has 0 aliphatic heterocycles. The molecule has 2 N–H and O–H groups in total. The summed E-state index contributed by atoms with van der Waals surface area (Å²) in [5, 5.41) is 7.51. The lowest BCUT2D eigenvalue weighted by atomic mass is 10.3. The first-order valence-corrected chi connectivity index (χ1v) is 7.13. The van der Waals surface area contributed by atoms with Crippen molar-refractivity contribution in [2.45, 2.75) is 13.8 Å². The second-order valence-electron chi connectivity index (χ2n) is 4.13. The minimum atomic E-state index is 0.412. The summed E-state index contributed by atoms with van der Waals surface area (Å²) in [6.45, 7) is 4.63. The van der Waals surface area contributed by atoms with Crippen LogP contribution in [0.1, 0.15) is 12.5 Å². The normalized spacial score (nSPS) is 10.4. The SMILES string of the molecule is CCNc1ncc(C)c(Nc2cc(Cl)c(Cl)cc2Cl)n1. The second kappa shape index (κ2) is 6.48. The van der Waals surface area contributed by atoms with Crippen LogP contribution in [0.2, 0.25) is 15.1 Å².